The van der Waals surface area contributed by atoms with Gasteiger partial charge in [-0.15, -0.1) is 0 Å². The van der Waals surface area contributed by atoms with Crippen molar-refractivity contribution in [3.8, 4) is 0 Å². The number of halogens is 1. The fourth-order valence-corrected chi connectivity index (χ4v) is 3.74. The molecule has 1 heterocycles. The highest BCUT2D eigenvalue weighted by molar-refractivity contribution is 7.65. The van der Waals surface area contributed by atoms with Gasteiger partial charge in [0.2, 0.25) is 0 Å². The summed E-state index contributed by atoms with van der Waals surface area (Å²) in [6, 6.07) is 7.01. The quantitative estimate of drug-likeness (QED) is 0.673. The highest BCUT2D eigenvalue weighted by Crippen LogP contribution is 2.34. The van der Waals surface area contributed by atoms with E-state index in [2.05, 4.69) is 5.32 Å². The van der Waals surface area contributed by atoms with Crippen LogP contribution in [0.4, 0.5) is 4.39 Å². The molecule has 1 saturated heterocycles. The molecule has 0 bridgehead atoms. The third kappa shape index (κ3) is 2.26. The molecule has 13 heavy (non-hydrogen) atoms. The van der Waals surface area contributed by atoms with Gasteiger partial charge in [0.05, 0.1) is 0 Å². The van der Waals surface area contributed by atoms with Crippen LogP contribution in [-0.2, 0) is 0 Å². The normalized spacial score (nSPS) is 18.8. The summed E-state index contributed by atoms with van der Waals surface area (Å²) < 4.78 is 12.6. The highest BCUT2D eigenvalue weighted by atomic mass is 31.1. The van der Waals surface area contributed by atoms with Gasteiger partial charge >= 0.3 is 0 Å². The molecule has 1 nitrogen and oxygen atoms in total. The first-order valence-electron chi connectivity index (χ1n) is 4.57. The maximum absolute atomic E-state index is 12.6. The first-order valence-corrected chi connectivity index (χ1v) is 6.29. The van der Waals surface area contributed by atoms with Crippen molar-refractivity contribution in [3.05, 3.63) is 30.1 Å². The van der Waals surface area contributed by atoms with E-state index in [-0.39, 0.29) is 13.7 Å². The average Bonchev–Trinajstić information content (AvgIpc) is 2.20. The number of hydrogen-bond donors (Lipinski definition) is 1. The van der Waals surface area contributed by atoms with Crippen molar-refractivity contribution >= 4 is 13.2 Å². The first-order chi connectivity index (χ1) is 6.36. The number of rotatable bonds is 1. The summed E-state index contributed by atoms with van der Waals surface area (Å²) in [5.41, 5.74) is 0. The molecule has 2 rings (SSSR count). The van der Waals surface area contributed by atoms with Crippen LogP contribution in [0.2, 0.25) is 0 Å². The third-order valence-electron chi connectivity index (χ3n) is 2.31. The van der Waals surface area contributed by atoms with Crippen LogP contribution in [0.1, 0.15) is 0 Å². The van der Waals surface area contributed by atoms with Gasteiger partial charge in [0, 0.05) is 0 Å². The van der Waals surface area contributed by atoms with E-state index in [0.29, 0.717) is 0 Å². The summed E-state index contributed by atoms with van der Waals surface area (Å²) in [7, 11) is -0.00840. The molecule has 0 aliphatic carbocycles. The zero-order chi connectivity index (χ0) is 9.10. The molecular weight excluding hydrogens is 184 g/mol. The van der Waals surface area contributed by atoms with Gasteiger partial charge in [0.15, 0.2) is 0 Å². The fourth-order valence-electron chi connectivity index (χ4n) is 1.57. The fraction of sp³-hybridized carbons (Fsp3) is 0.400. The standard InChI is InChI=1S/C10H13FNP/c11-9-1-3-10(4-2-9)13-7-5-12-6-8-13/h1-4,12H,5-8H2. The van der Waals surface area contributed by atoms with E-state index in [1.165, 1.54) is 17.6 Å². The number of benzene rings is 1. The topological polar surface area (TPSA) is 12.0 Å². The second-order valence-electron chi connectivity index (χ2n) is 3.21. The average molecular weight is 197 g/mol. The van der Waals surface area contributed by atoms with Gasteiger partial charge in [-0.2, -0.15) is 0 Å². The maximum atomic E-state index is 12.6. The summed E-state index contributed by atoms with van der Waals surface area (Å²) in [4.78, 5) is 0. The molecule has 0 spiro atoms. The van der Waals surface area contributed by atoms with Crippen LogP contribution < -0.4 is 10.6 Å². The van der Waals surface area contributed by atoms with Gasteiger partial charge in [0.25, 0.3) is 0 Å². The summed E-state index contributed by atoms with van der Waals surface area (Å²) in [5.74, 6) is -0.131. The molecule has 3 heteroatoms. The van der Waals surface area contributed by atoms with E-state index < -0.39 is 0 Å². The van der Waals surface area contributed by atoms with Gasteiger partial charge in [-0.25, -0.2) is 4.39 Å². The first kappa shape index (κ1) is 9.11. The molecule has 1 aliphatic rings. The Morgan fingerprint density at radius 3 is 2.31 bits per heavy atom. The van der Waals surface area contributed by atoms with Crippen LogP contribution in [0.3, 0.4) is 0 Å². The van der Waals surface area contributed by atoms with Crippen molar-refractivity contribution in [3.63, 3.8) is 0 Å². The lowest BCUT2D eigenvalue weighted by atomic mass is 10.3. The monoisotopic (exact) mass is 197 g/mol. The SMILES string of the molecule is Fc1ccc(P2CCNCC2)cc1. The highest BCUT2D eigenvalue weighted by Gasteiger charge is 2.13. The molecule has 1 aromatic rings. The van der Waals surface area contributed by atoms with Crippen molar-refractivity contribution < 1.29 is 4.39 Å². The van der Waals surface area contributed by atoms with Crippen LogP contribution in [0, 0.1) is 5.82 Å². The molecule has 1 aliphatic heterocycles. The molecule has 0 unspecified atom stereocenters. The summed E-state index contributed by atoms with van der Waals surface area (Å²) in [5, 5.41) is 4.68. The Kier molecular flexibility index (Phi) is 2.92. The van der Waals surface area contributed by atoms with Crippen LogP contribution in [-0.4, -0.2) is 25.4 Å². The Bertz CT molecular complexity index is 267. The lowest BCUT2D eigenvalue weighted by Gasteiger charge is -2.23. The van der Waals surface area contributed by atoms with Crippen LogP contribution in [0.25, 0.3) is 0 Å². The molecule has 1 fully saturated rings. The molecule has 0 amide bonds. The van der Waals surface area contributed by atoms with Crippen LogP contribution in [0.5, 0.6) is 0 Å². The zero-order valence-corrected chi connectivity index (χ0v) is 8.36. The molecule has 1 aromatic carbocycles. The predicted molar refractivity (Wildman–Crippen MR) is 55.6 cm³/mol. The number of hydrogen-bond acceptors (Lipinski definition) is 1. The molecule has 70 valence electrons. The van der Waals surface area contributed by atoms with Crippen LogP contribution >= 0.6 is 7.92 Å². The Morgan fingerprint density at radius 2 is 1.69 bits per heavy atom. The third-order valence-corrected chi connectivity index (χ3v) is 4.86. The van der Waals surface area contributed by atoms with Crippen molar-refractivity contribution in [2.24, 2.45) is 0 Å². The second-order valence-corrected chi connectivity index (χ2v) is 5.70. The summed E-state index contributed by atoms with van der Waals surface area (Å²) >= 11 is 0. The largest absolute Gasteiger partial charge is 0.316 e. The molecular formula is C10H13FNP. The van der Waals surface area contributed by atoms with E-state index in [0.717, 1.165) is 13.1 Å². The van der Waals surface area contributed by atoms with Crippen molar-refractivity contribution in [1.82, 2.24) is 5.32 Å². The Morgan fingerprint density at radius 1 is 1.08 bits per heavy atom. The van der Waals surface area contributed by atoms with Crippen molar-refractivity contribution in [2.45, 2.75) is 0 Å². The molecule has 0 radical (unpaired) electrons. The lowest BCUT2D eigenvalue weighted by Crippen LogP contribution is -2.29. The zero-order valence-electron chi connectivity index (χ0n) is 7.46. The summed E-state index contributed by atoms with van der Waals surface area (Å²) in [6.07, 6.45) is 2.47. The van der Waals surface area contributed by atoms with E-state index in [1.807, 2.05) is 12.1 Å². The summed E-state index contributed by atoms with van der Waals surface area (Å²) in [6.45, 7) is 2.23. The van der Waals surface area contributed by atoms with Gasteiger partial charge < -0.3 is 5.32 Å². The van der Waals surface area contributed by atoms with Crippen LogP contribution in [0.15, 0.2) is 24.3 Å². The predicted octanol–water partition coefficient (Wildman–Crippen LogP) is 1.54. The van der Waals surface area contributed by atoms with E-state index >= 15 is 0 Å². The minimum absolute atomic E-state index is 0.00840. The van der Waals surface area contributed by atoms with E-state index in [4.69, 9.17) is 0 Å². The van der Waals surface area contributed by atoms with Crippen molar-refractivity contribution in [1.29, 1.82) is 0 Å². The second kappa shape index (κ2) is 4.17. The minimum Gasteiger partial charge on any atom is -0.316 e. The van der Waals surface area contributed by atoms with Crippen molar-refractivity contribution in [2.75, 3.05) is 25.4 Å². The smallest absolute Gasteiger partial charge is 0.123 e. The molecule has 0 saturated carbocycles. The molecule has 0 aromatic heterocycles. The van der Waals surface area contributed by atoms with Gasteiger partial charge in [-0.05, 0) is 42.9 Å². The maximum Gasteiger partial charge on any atom is 0.123 e. The lowest BCUT2D eigenvalue weighted by molar-refractivity contribution is 0.628. The number of nitrogens with one attached hydrogen (secondary N) is 1. The van der Waals surface area contributed by atoms with Gasteiger partial charge in [-0.1, -0.05) is 20.1 Å². The van der Waals surface area contributed by atoms with E-state index in [9.17, 15) is 4.39 Å². The Balaban J connectivity index is 2.10. The van der Waals surface area contributed by atoms with Gasteiger partial charge in [0.1, 0.15) is 5.82 Å². The van der Waals surface area contributed by atoms with E-state index in [1.54, 1.807) is 12.1 Å². The minimum atomic E-state index is -0.131. The molecule has 0 atom stereocenters. The van der Waals surface area contributed by atoms with Gasteiger partial charge in [-0.3, -0.25) is 0 Å². The molecule has 1 N–H and O–H groups in total. The Hall–Kier alpha value is -0.460. The Labute approximate surface area is 79.1 Å².